The molecule has 0 amide bonds. The number of nitrogens with zero attached hydrogens (tertiary/aromatic N) is 3. The van der Waals surface area contributed by atoms with E-state index < -0.39 is 11.8 Å². The molecule has 102 valence electrons. The molecular formula is C14H12FN3O2. The van der Waals surface area contributed by atoms with Crippen LogP contribution >= 0.6 is 0 Å². The minimum absolute atomic E-state index is 0.0799. The fraction of sp³-hybridized carbons (Fsp3) is 0.214. The third kappa shape index (κ3) is 2.83. The summed E-state index contributed by atoms with van der Waals surface area (Å²) in [5, 5.41) is 12.9. The Morgan fingerprint density at radius 2 is 2.30 bits per heavy atom. The van der Waals surface area contributed by atoms with Crippen LogP contribution in [-0.2, 0) is 11.3 Å². The largest absolute Gasteiger partial charge is 0.461 e. The molecule has 1 aromatic carbocycles. The minimum atomic E-state index is -0.557. The lowest BCUT2D eigenvalue weighted by Gasteiger charge is -2.01. The molecule has 0 aliphatic carbocycles. The van der Waals surface area contributed by atoms with Crippen molar-refractivity contribution in [3.63, 3.8) is 0 Å². The Labute approximate surface area is 115 Å². The first-order valence-corrected chi connectivity index (χ1v) is 6.03. The molecule has 0 bridgehead atoms. The van der Waals surface area contributed by atoms with Gasteiger partial charge in [-0.25, -0.2) is 13.9 Å². The second kappa shape index (κ2) is 5.97. The molecule has 2 rings (SSSR count). The lowest BCUT2D eigenvalue weighted by Crippen LogP contribution is -2.12. The molecule has 0 N–H and O–H groups in total. The Morgan fingerprint density at radius 1 is 1.50 bits per heavy atom. The number of carbonyl (C=O) groups is 1. The average Bonchev–Trinajstić information content (AvgIpc) is 2.84. The fourth-order valence-electron chi connectivity index (χ4n) is 1.76. The van der Waals surface area contributed by atoms with Crippen molar-refractivity contribution in [1.29, 1.82) is 5.26 Å². The topological polar surface area (TPSA) is 67.9 Å². The van der Waals surface area contributed by atoms with Crippen molar-refractivity contribution in [1.82, 2.24) is 9.78 Å². The monoisotopic (exact) mass is 273 g/mol. The minimum Gasteiger partial charge on any atom is -0.461 e. The molecule has 20 heavy (non-hydrogen) atoms. The predicted octanol–water partition coefficient (Wildman–Crippen LogP) is 2.39. The van der Waals surface area contributed by atoms with Gasteiger partial charge in [0.1, 0.15) is 18.1 Å². The first-order valence-electron chi connectivity index (χ1n) is 6.03. The summed E-state index contributed by atoms with van der Waals surface area (Å²) in [5.41, 5.74) is 1.13. The van der Waals surface area contributed by atoms with E-state index in [0.717, 1.165) is 0 Å². The summed E-state index contributed by atoms with van der Waals surface area (Å²) in [5.74, 6) is -0.951. The molecule has 0 fully saturated rings. The summed E-state index contributed by atoms with van der Waals surface area (Å²) in [6, 6.07) is 9.27. The van der Waals surface area contributed by atoms with Crippen LogP contribution in [0.25, 0.3) is 11.3 Å². The highest BCUT2D eigenvalue weighted by atomic mass is 19.1. The number of rotatable bonds is 4. The smallest absolute Gasteiger partial charge is 0.356 e. The van der Waals surface area contributed by atoms with Crippen LogP contribution in [0.2, 0.25) is 0 Å². The van der Waals surface area contributed by atoms with Gasteiger partial charge in [-0.2, -0.15) is 10.4 Å². The molecule has 0 unspecified atom stereocenters. The van der Waals surface area contributed by atoms with Crippen LogP contribution in [0.15, 0.2) is 30.3 Å². The molecule has 0 aliphatic heterocycles. The number of hydrogen-bond donors (Lipinski definition) is 0. The summed E-state index contributed by atoms with van der Waals surface area (Å²) in [4.78, 5) is 11.8. The van der Waals surface area contributed by atoms with Gasteiger partial charge in [-0.15, -0.1) is 0 Å². The zero-order valence-electron chi connectivity index (χ0n) is 10.8. The van der Waals surface area contributed by atoms with Gasteiger partial charge in [-0.1, -0.05) is 12.1 Å². The molecule has 0 saturated heterocycles. The van der Waals surface area contributed by atoms with Gasteiger partial charge >= 0.3 is 5.97 Å². The predicted molar refractivity (Wildman–Crippen MR) is 69.2 cm³/mol. The molecule has 5 nitrogen and oxygen atoms in total. The number of benzene rings is 1. The quantitative estimate of drug-likeness (QED) is 0.802. The molecule has 6 heteroatoms. The van der Waals surface area contributed by atoms with Gasteiger partial charge in [0.25, 0.3) is 0 Å². The Kier molecular flexibility index (Phi) is 4.11. The molecule has 0 atom stereocenters. The Bertz CT molecular complexity index is 673. The fourth-order valence-corrected chi connectivity index (χ4v) is 1.76. The van der Waals surface area contributed by atoms with Gasteiger partial charge < -0.3 is 4.74 Å². The van der Waals surface area contributed by atoms with Gasteiger partial charge in [-0.3, -0.25) is 0 Å². The third-order valence-electron chi connectivity index (χ3n) is 2.61. The van der Waals surface area contributed by atoms with Crippen molar-refractivity contribution in [3.05, 3.63) is 41.8 Å². The Balaban J connectivity index is 2.44. The lowest BCUT2D eigenvalue weighted by atomic mass is 10.1. The van der Waals surface area contributed by atoms with Crippen LogP contribution in [0.4, 0.5) is 4.39 Å². The molecule has 0 spiro atoms. The standard InChI is InChI=1S/C14H12FN3O2/c1-2-20-14(19)13-9-12(17-18(13)7-6-16)10-4-3-5-11(15)8-10/h3-5,8-9H,2,7H2,1H3. The van der Waals surface area contributed by atoms with E-state index in [0.29, 0.717) is 11.3 Å². The van der Waals surface area contributed by atoms with Crippen molar-refractivity contribution in [3.8, 4) is 17.3 Å². The van der Waals surface area contributed by atoms with Crippen molar-refractivity contribution < 1.29 is 13.9 Å². The zero-order valence-corrected chi connectivity index (χ0v) is 10.8. The van der Waals surface area contributed by atoms with Gasteiger partial charge in [0.15, 0.2) is 0 Å². The number of halogens is 1. The van der Waals surface area contributed by atoms with E-state index in [1.807, 2.05) is 6.07 Å². The summed E-state index contributed by atoms with van der Waals surface area (Å²) in [6.07, 6.45) is 0. The molecule has 0 radical (unpaired) electrons. The number of ether oxygens (including phenoxy) is 1. The van der Waals surface area contributed by atoms with Crippen LogP contribution in [0.1, 0.15) is 17.4 Å². The summed E-state index contributed by atoms with van der Waals surface area (Å²) < 4.78 is 19.4. The van der Waals surface area contributed by atoms with Crippen LogP contribution in [0.5, 0.6) is 0 Å². The highest BCUT2D eigenvalue weighted by molar-refractivity contribution is 5.89. The summed E-state index contributed by atoms with van der Waals surface area (Å²) in [6.45, 7) is 1.84. The zero-order chi connectivity index (χ0) is 14.5. The number of nitriles is 1. The second-order valence-corrected chi connectivity index (χ2v) is 3.96. The first kappa shape index (κ1) is 13.7. The molecular weight excluding hydrogens is 261 g/mol. The van der Waals surface area contributed by atoms with Crippen LogP contribution in [0.3, 0.4) is 0 Å². The maximum atomic E-state index is 13.2. The van der Waals surface area contributed by atoms with E-state index in [1.54, 1.807) is 19.1 Å². The molecule has 1 aromatic heterocycles. The van der Waals surface area contributed by atoms with E-state index in [-0.39, 0.29) is 18.8 Å². The molecule has 0 saturated carbocycles. The van der Waals surface area contributed by atoms with E-state index in [2.05, 4.69) is 5.10 Å². The highest BCUT2D eigenvalue weighted by Crippen LogP contribution is 2.20. The maximum absolute atomic E-state index is 13.2. The number of carbonyl (C=O) groups excluding carboxylic acids is 1. The molecule has 1 heterocycles. The van der Waals surface area contributed by atoms with Gasteiger partial charge in [0.2, 0.25) is 0 Å². The van der Waals surface area contributed by atoms with E-state index in [9.17, 15) is 9.18 Å². The number of esters is 1. The van der Waals surface area contributed by atoms with Crippen LogP contribution in [-0.4, -0.2) is 22.4 Å². The highest BCUT2D eigenvalue weighted by Gasteiger charge is 2.17. The number of hydrogen-bond acceptors (Lipinski definition) is 4. The number of aromatic nitrogens is 2. The summed E-state index contributed by atoms with van der Waals surface area (Å²) >= 11 is 0. The van der Waals surface area contributed by atoms with E-state index in [1.165, 1.54) is 22.9 Å². The second-order valence-electron chi connectivity index (χ2n) is 3.96. The average molecular weight is 273 g/mol. The Morgan fingerprint density at radius 3 is 2.95 bits per heavy atom. The first-order chi connectivity index (χ1) is 9.65. The maximum Gasteiger partial charge on any atom is 0.356 e. The van der Waals surface area contributed by atoms with E-state index >= 15 is 0 Å². The van der Waals surface area contributed by atoms with Crippen molar-refractivity contribution >= 4 is 5.97 Å². The van der Waals surface area contributed by atoms with Gasteiger partial charge in [-0.05, 0) is 25.1 Å². The Hall–Kier alpha value is -2.68. The lowest BCUT2D eigenvalue weighted by molar-refractivity contribution is 0.0513. The van der Waals surface area contributed by atoms with E-state index in [4.69, 9.17) is 10.00 Å². The van der Waals surface area contributed by atoms with Crippen LogP contribution < -0.4 is 0 Å². The molecule has 2 aromatic rings. The van der Waals surface area contributed by atoms with Crippen molar-refractivity contribution in [2.75, 3.05) is 6.61 Å². The van der Waals surface area contributed by atoms with Crippen molar-refractivity contribution in [2.45, 2.75) is 13.5 Å². The SMILES string of the molecule is CCOC(=O)c1cc(-c2cccc(F)c2)nn1CC#N. The van der Waals surface area contributed by atoms with Gasteiger partial charge in [0.05, 0.1) is 18.4 Å². The molecule has 0 aliphatic rings. The normalized spacial score (nSPS) is 10.1. The van der Waals surface area contributed by atoms with Crippen LogP contribution in [0, 0.1) is 17.1 Å². The summed E-state index contributed by atoms with van der Waals surface area (Å²) in [7, 11) is 0. The van der Waals surface area contributed by atoms with Gasteiger partial charge in [0, 0.05) is 5.56 Å². The van der Waals surface area contributed by atoms with Crippen molar-refractivity contribution in [2.24, 2.45) is 0 Å². The third-order valence-corrected chi connectivity index (χ3v) is 2.61.